The monoisotopic (exact) mass is 654 g/mol. The maximum Gasteiger partial charge on any atom is 0.0688 e. The van der Waals surface area contributed by atoms with Gasteiger partial charge in [0.25, 0.3) is 0 Å². The Labute approximate surface area is 288 Å². The van der Waals surface area contributed by atoms with Gasteiger partial charge >= 0.3 is 0 Å². The van der Waals surface area contributed by atoms with E-state index in [-0.39, 0.29) is 6.04 Å². The van der Waals surface area contributed by atoms with Gasteiger partial charge in [-0.05, 0) is 91.0 Å². The molecule has 7 heteroatoms. The Bertz CT molecular complexity index is 2600. The molecule has 0 saturated heterocycles. The van der Waals surface area contributed by atoms with Crippen LogP contribution in [0.3, 0.4) is 0 Å². The van der Waals surface area contributed by atoms with E-state index in [0.717, 1.165) is 11.1 Å². The van der Waals surface area contributed by atoms with Gasteiger partial charge in [0.2, 0.25) is 0 Å². The maximum absolute atomic E-state index is 6.01. The number of nitrogens with zero attached hydrogens (tertiary/aromatic N) is 3. The van der Waals surface area contributed by atoms with Crippen molar-refractivity contribution in [3.8, 4) is 11.4 Å². The fourth-order valence-electron chi connectivity index (χ4n) is 7.09. The molecule has 4 aromatic heterocycles. The number of hydrogen-bond donors (Lipinski definition) is 3. The van der Waals surface area contributed by atoms with Crippen molar-refractivity contribution in [3.63, 3.8) is 0 Å². The van der Waals surface area contributed by atoms with E-state index in [1.54, 1.807) is 12.4 Å². The number of pyridine rings is 1. The first-order chi connectivity index (χ1) is 24.2. The Hall–Kier alpha value is -5.89. The van der Waals surface area contributed by atoms with Crippen molar-refractivity contribution >= 4 is 62.1 Å². The summed E-state index contributed by atoms with van der Waals surface area (Å²) in [6.45, 7) is 4.67. The van der Waals surface area contributed by atoms with Gasteiger partial charge in [0, 0.05) is 61.8 Å². The normalized spacial score (nSPS) is 12.3. The van der Waals surface area contributed by atoms with Crippen LogP contribution in [0.5, 0.6) is 0 Å². The number of para-hydroxylation sites is 3. The van der Waals surface area contributed by atoms with Gasteiger partial charge in [0.1, 0.15) is 0 Å². The summed E-state index contributed by atoms with van der Waals surface area (Å²) in [7, 11) is 0. The van der Waals surface area contributed by atoms with Gasteiger partial charge in [0.05, 0.1) is 33.8 Å². The summed E-state index contributed by atoms with van der Waals surface area (Å²) in [4.78, 5) is 9.55. The van der Waals surface area contributed by atoms with Crippen LogP contribution in [0.4, 0.5) is 0 Å². The van der Waals surface area contributed by atoms with Crippen LogP contribution in [0.25, 0.3) is 55.0 Å². The van der Waals surface area contributed by atoms with Gasteiger partial charge in [-0.3, -0.25) is 4.98 Å². The zero-order valence-corrected chi connectivity index (χ0v) is 27.8. The van der Waals surface area contributed by atoms with Crippen LogP contribution in [-0.2, 0) is 0 Å². The van der Waals surface area contributed by atoms with Crippen LogP contribution >= 0.6 is 11.8 Å². The molecule has 49 heavy (non-hydrogen) atoms. The number of aromatic amines is 1. The molecule has 0 spiro atoms. The Kier molecular flexibility index (Phi) is 7.84. The first-order valence-electron chi connectivity index (χ1n) is 16.1. The molecule has 1 aliphatic heterocycles. The minimum atomic E-state index is -0.0609. The number of nitrogens with one attached hydrogen (secondary N) is 2. The molecule has 4 N–H and O–H groups in total. The first-order valence-corrected chi connectivity index (χ1v) is 17.0. The summed E-state index contributed by atoms with van der Waals surface area (Å²) in [5.74, 6) is 0. The summed E-state index contributed by atoms with van der Waals surface area (Å²) in [5, 5.41) is 10.8. The van der Waals surface area contributed by atoms with E-state index in [1.165, 1.54) is 70.3 Å². The Balaban J connectivity index is 0.000000196. The van der Waals surface area contributed by atoms with Gasteiger partial charge in [-0.25, -0.2) is 0 Å². The van der Waals surface area contributed by atoms with Gasteiger partial charge in [0.15, 0.2) is 0 Å². The molecule has 0 saturated carbocycles. The fourth-order valence-corrected chi connectivity index (χ4v) is 8.20. The van der Waals surface area contributed by atoms with Crippen molar-refractivity contribution in [2.24, 2.45) is 5.73 Å². The predicted octanol–water partition coefficient (Wildman–Crippen LogP) is 10.4. The molecular formula is C42H34N6S. The molecule has 5 heterocycles. The highest BCUT2D eigenvalue weighted by molar-refractivity contribution is 7.99. The molecule has 1 unspecified atom stereocenters. The number of fused-ring (bicyclic) bond motifs is 9. The molecule has 0 radical (unpaired) electrons. The molecule has 10 rings (SSSR count). The van der Waals surface area contributed by atoms with Crippen molar-refractivity contribution in [3.05, 3.63) is 163 Å². The van der Waals surface area contributed by atoms with Crippen LogP contribution < -0.4 is 5.73 Å². The third-order valence-corrected chi connectivity index (χ3v) is 10.3. The van der Waals surface area contributed by atoms with Crippen LogP contribution in [0.15, 0.2) is 156 Å². The van der Waals surface area contributed by atoms with E-state index >= 15 is 0 Å². The molecule has 5 aromatic carbocycles. The molecule has 0 amide bonds. The molecule has 9 aromatic rings. The van der Waals surface area contributed by atoms with Crippen LogP contribution in [0.1, 0.15) is 22.7 Å². The molecule has 1 atom stereocenters. The van der Waals surface area contributed by atoms with E-state index in [1.807, 2.05) is 42.4 Å². The predicted molar refractivity (Wildman–Crippen MR) is 205 cm³/mol. The third-order valence-electron chi connectivity index (χ3n) is 9.17. The third kappa shape index (κ3) is 5.03. The summed E-state index contributed by atoms with van der Waals surface area (Å²) in [6.07, 6.45) is 7.28. The zero-order valence-electron chi connectivity index (χ0n) is 27.0. The van der Waals surface area contributed by atoms with Crippen molar-refractivity contribution in [2.75, 3.05) is 0 Å². The molecule has 0 fully saturated rings. The van der Waals surface area contributed by atoms with E-state index in [4.69, 9.17) is 11.1 Å². The molecular weight excluding hydrogens is 621 g/mol. The lowest BCUT2D eigenvalue weighted by molar-refractivity contribution is 0.869. The smallest absolute Gasteiger partial charge is 0.0688 e. The second-order valence-electron chi connectivity index (χ2n) is 12.0. The highest BCUT2D eigenvalue weighted by Crippen LogP contribution is 2.51. The largest absolute Gasteiger partial charge is 0.367 e. The van der Waals surface area contributed by atoms with Gasteiger partial charge in [-0.15, -0.1) is 0 Å². The lowest BCUT2D eigenvalue weighted by Gasteiger charge is -2.20. The van der Waals surface area contributed by atoms with Crippen LogP contribution in [0.2, 0.25) is 0 Å². The van der Waals surface area contributed by atoms with Crippen molar-refractivity contribution in [1.29, 1.82) is 5.41 Å². The fraction of sp³-hybridized carbons (Fsp3) is 0.0476. The van der Waals surface area contributed by atoms with E-state index < -0.39 is 0 Å². The van der Waals surface area contributed by atoms with Crippen molar-refractivity contribution in [1.82, 2.24) is 19.1 Å². The zero-order chi connectivity index (χ0) is 33.5. The topological polar surface area (TPSA) is 88.4 Å². The van der Waals surface area contributed by atoms with E-state index in [9.17, 15) is 0 Å². The van der Waals surface area contributed by atoms with Crippen molar-refractivity contribution < 1.29 is 0 Å². The summed E-state index contributed by atoms with van der Waals surface area (Å²) < 4.78 is 4.92. The molecule has 0 aliphatic carbocycles. The van der Waals surface area contributed by atoms with Gasteiger partial charge in [-0.1, -0.05) is 72.4 Å². The Morgan fingerprint density at radius 2 is 1.39 bits per heavy atom. The highest BCUT2D eigenvalue weighted by atomic mass is 32.2. The Morgan fingerprint density at radius 1 is 0.694 bits per heavy atom. The molecule has 6 nitrogen and oxygen atoms in total. The average molecular weight is 655 g/mol. The molecule has 238 valence electrons. The number of aryl methyl sites for hydroxylation is 1. The second kappa shape index (κ2) is 12.6. The van der Waals surface area contributed by atoms with Crippen molar-refractivity contribution in [2.45, 2.75) is 22.8 Å². The van der Waals surface area contributed by atoms with E-state index in [2.05, 4.69) is 136 Å². The highest BCUT2D eigenvalue weighted by Gasteiger charge is 2.27. The molecule has 1 aliphatic rings. The number of hydrogen-bond acceptors (Lipinski definition) is 4. The first kappa shape index (κ1) is 30.4. The quantitative estimate of drug-likeness (QED) is 0.166. The summed E-state index contributed by atoms with van der Waals surface area (Å²) in [6, 6.07) is 43.5. The number of benzene rings is 5. The minimum absolute atomic E-state index is 0.0609. The maximum atomic E-state index is 6.01. The van der Waals surface area contributed by atoms with Gasteiger partial charge < -0.3 is 25.3 Å². The number of rotatable bonds is 3. The van der Waals surface area contributed by atoms with Crippen LogP contribution in [-0.4, -0.2) is 25.8 Å². The SMILES string of the molecule is C=N.Cc1cccc(-n2c3ccccc3c3c4c5ccccc5n5c4c(cc32)Sc2ccccc2-5)c1.NC(c1ccncc1)c1cc[nH]c1. The lowest BCUT2D eigenvalue weighted by atomic mass is 10.0. The summed E-state index contributed by atoms with van der Waals surface area (Å²) in [5.41, 5.74) is 17.0. The number of nitrogens with two attached hydrogens (primary N) is 1. The van der Waals surface area contributed by atoms with E-state index in [0.29, 0.717) is 0 Å². The second-order valence-corrected chi connectivity index (χ2v) is 13.1. The Morgan fingerprint density at radius 3 is 2.12 bits per heavy atom. The molecule has 0 bridgehead atoms. The average Bonchev–Trinajstić information content (AvgIpc) is 3.89. The standard InChI is InChI=1S/C31H20N2S.C10H11N3.CH3N/c1-19-9-8-10-20(17-19)32-23-13-4-2-11-21(23)29-26(32)18-28-31-30(29)22-12-3-5-14-24(22)33(31)25-15-6-7-16-27(25)34-28;11-10(9-3-6-13-7-9)8-1-4-12-5-2-8;1-2/h2-18H,1H3;1-7,10,13H,11H2;2H,1H2. The number of H-pyrrole nitrogens is 1. The lowest BCUT2D eigenvalue weighted by Crippen LogP contribution is -2.10. The number of aromatic nitrogens is 4. The summed E-state index contributed by atoms with van der Waals surface area (Å²) >= 11 is 1.89. The minimum Gasteiger partial charge on any atom is -0.367 e. The van der Waals surface area contributed by atoms with Gasteiger partial charge in [-0.2, -0.15) is 0 Å². The van der Waals surface area contributed by atoms with Crippen LogP contribution in [0, 0.1) is 12.3 Å².